The molecule has 1 heterocycles. The van der Waals surface area contributed by atoms with Gasteiger partial charge in [0.1, 0.15) is 17.0 Å². The predicted molar refractivity (Wildman–Crippen MR) is 131 cm³/mol. The molecule has 6 nitrogen and oxygen atoms in total. The largest absolute Gasteiger partial charge is 0.453 e. The molecular weight excluding hydrogens is 502 g/mol. The van der Waals surface area contributed by atoms with E-state index in [-0.39, 0.29) is 39.4 Å². The molecule has 10 heteroatoms. The highest BCUT2D eigenvalue weighted by molar-refractivity contribution is 6.48. The van der Waals surface area contributed by atoms with Crippen molar-refractivity contribution in [3.05, 3.63) is 87.6 Å². The van der Waals surface area contributed by atoms with Gasteiger partial charge in [-0.3, -0.25) is 4.79 Å². The van der Waals surface area contributed by atoms with E-state index in [1.807, 2.05) is 18.2 Å². The molecule has 1 aliphatic carbocycles. The number of nitrogens with two attached hydrogens (primary N) is 1. The SMILES string of the molecule is NC=C(Cl)c1ncc(Oc2cccc(C3CC3)c2)c(C(=O)NCC(F)c2ccc(Cl)cc2Cl)n1. The van der Waals surface area contributed by atoms with Crippen molar-refractivity contribution in [2.75, 3.05) is 6.54 Å². The minimum atomic E-state index is -1.57. The molecule has 3 N–H and O–H groups in total. The number of amides is 1. The molecule has 1 aromatic heterocycles. The Hall–Kier alpha value is -2.87. The van der Waals surface area contributed by atoms with E-state index in [2.05, 4.69) is 15.3 Å². The fraction of sp³-hybridized carbons (Fsp3) is 0.208. The molecule has 4 rings (SSSR count). The summed E-state index contributed by atoms with van der Waals surface area (Å²) in [6.45, 7) is -0.351. The van der Waals surface area contributed by atoms with Gasteiger partial charge in [-0.25, -0.2) is 14.4 Å². The second-order valence-electron chi connectivity index (χ2n) is 7.71. The van der Waals surface area contributed by atoms with Crippen molar-refractivity contribution in [1.82, 2.24) is 15.3 Å². The molecular formula is C24H20Cl3FN4O2. The summed E-state index contributed by atoms with van der Waals surface area (Å²) in [6, 6.07) is 12.0. The molecule has 0 aliphatic heterocycles. The average molecular weight is 522 g/mol. The highest BCUT2D eigenvalue weighted by Gasteiger charge is 2.24. The second kappa shape index (κ2) is 10.6. The van der Waals surface area contributed by atoms with Crippen molar-refractivity contribution >= 4 is 45.7 Å². The zero-order chi connectivity index (χ0) is 24.2. The van der Waals surface area contributed by atoms with Crippen LogP contribution in [0.3, 0.4) is 0 Å². The minimum absolute atomic E-state index is 0.0333. The van der Waals surface area contributed by atoms with Crippen LogP contribution < -0.4 is 15.8 Å². The first-order valence-corrected chi connectivity index (χ1v) is 11.6. The van der Waals surface area contributed by atoms with Crippen LogP contribution in [0.2, 0.25) is 10.0 Å². The van der Waals surface area contributed by atoms with Crippen LogP contribution in [-0.2, 0) is 0 Å². The van der Waals surface area contributed by atoms with Crippen molar-refractivity contribution in [2.24, 2.45) is 5.73 Å². The predicted octanol–water partition coefficient (Wildman–Crippen LogP) is 6.39. The molecule has 3 aromatic rings. The van der Waals surface area contributed by atoms with Gasteiger partial charge < -0.3 is 15.8 Å². The Bertz CT molecular complexity index is 1250. The Labute approximate surface area is 210 Å². The van der Waals surface area contributed by atoms with Crippen LogP contribution in [-0.4, -0.2) is 22.4 Å². The number of nitrogens with one attached hydrogen (secondary N) is 1. The molecule has 1 fully saturated rings. The maximum atomic E-state index is 14.8. The maximum Gasteiger partial charge on any atom is 0.274 e. The first kappa shape index (κ1) is 24.3. The molecule has 1 amide bonds. The third kappa shape index (κ3) is 5.78. The molecule has 2 aromatic carbocycles. The van der Waals surface area contributed by atoms with E-state index in [0.717, 1.165) is 24.6 Å². The molecule has 1 atom stereocenters. The van der Waals surface area contributed by atoms with Crippen LogP contribution in [0.1, 0.15) is 52.4 Å². The molecule has 0 spiro atoms. The van der Waals surface area contributed by atoms with Crippen molar-refractivity contribution in [3.63, 3.8) is 0 Å². The Morgan fingerprint density at radius 1 is 1.26 bits per heavy atom. The van der Waals surface area contributed by atoms with Crippen molar-refractivity contribution in [1.29, 1.82) is 0 Å². The molecule has 176 valence electrons. The Morgan fingerprint density at radius 2 is 2.06 bits per heavy atom. The van der Waals surface area contributed by atoms with Crippen LogP contribution in [0.4, 0.5) is 4.39 Å². The van der Waals surface area contributed by atoms with Crippen molar-refractivity contribution in [2.45, 2.75) is 24.9 Å². The number of hydrogen-bond acceptors (Lipinski definition) is 5. The molecule has 0 bridgehead atoms. The third-order valence-electron chi connectivity index (χ3n) is 5.21. The van der Waals surface area contributed by atoms with Gasteiger partial charge in [0.2, 0.25) is 0 Å². The van der Waals surface area contributed by atoms with E-state index in [1.54, 1.807) is 6.07 Å². The molecule has 1 saturated carbocycles. The average Bonchev–Trinajstić information content (AvgIpc) is 3.68. The summed E-state index contributed by atoms with van der Waals surface area (Å²) in [4.78, 5) is 21.3. The minimum Gasteiger partial charge on any atom is -0.453 e. The summed E-state index contributed by atoms with van der Waals surface area (Å²) < 4.78 is 20.7. The van der Waals surface area contributed by atoms with Crippen LogP contribution in [0, 0.1) is 0 Å². The number of alkyl halides is 1. The number of carbonyl (C=O) groups excluding carboxylic acids is 1. The normalized spacial score (nSPS) is 14.5. The fourth-order valence-electron chi connectivity index (χ4n) is 3.30. The van der Waals surface area contributed by atoms with E-state index < -0.39 is 12.1 Å². The topological polar surface area (TPSA) is 90.1 Å². The molecule has 0 radical (unpaired) electrons. The van der Waals surface area contributed by atoms with Crippen LogP contribution >= 0.6 is 34.8 Å². The van der Waals surface area contributed by atoms with E-state index in [9.17, 15) is 9.18 Å². The Kier molecular flexibility index (Phi) is 7.56. The van der Waals surface area contributed by atoms with E-state index in [0.29, 0.717) is 16.7 Å². The Morgan fingerprint density at radius 3 is 2.76 bits per heavy atom. The first-order valence-electron chi connectivity index (χ1n) is 10.5. The van der Waals surface area contributed by atoms with Gasteiger partial charge in [0.15, 0.2) is 17.3 Å². The first-order chi connectivity index (χ1) is 16.4. The quantitative estimate of drug-likeness (QED) is 0.358. The highest BCUT2D eigenvalue weighted by atomic mass is 35.5. The van der Waals surface area contributed by atoms with Gasteiger partial charge in [-0.15, -0.1) is 0 Å². The fourth-order valence-corrected chi connectivity index (χ4v) is 3.92. The number of benzene rings is 2. The number of ether oxygens (including phenoxy) is 1. The molecule has 0 saturated heterocycles. The number of aromatic nitrogens is 2. The second-order valence-corrected chi connectivity index (χ2v) is 8.96. The lowest BCUT2D eigenvalue weighted by Crippen LogP contribution is -2.28. The zero-order valence-corrected chi connectivity index (χ0v) is 20.0. The summed E-state index contributed by atoms with van der Waals surface area (Å²) in [6.07, 6.45) is 3.15. The van der Waals surface area contributed by atoms with E-state index >= 15 is 0 Å². The van der Waals surface area contributed by atoms with Gasteiger partial charge >= 0.3 is 0 Å². The van der Waals surface area contributed by atoms with Gasteiger partial charge in [0, 0.05) is 21.8 Å². The van der Waals surface area contributed by atoms with Gasteiger partial charge in [-0.2, -0.15) is 0 Å². The van der Waals surface area contributed by atoms with Crippen molar-refractivity contribution in [3.8, 4) is 11.5 Å². The summed E-state index contributed by atoms with van der Waals surface area (Å²) in [5.74, 6) is 0.513. The van der Waals surface area contributed by atoms with Gasteiger partial charge in [-0.05, 0) is 48.6 Å². The van der Waals surface area contributed by atoms with Crippen molar-refractivity contribution < 1.29 is 13.9 Å². The smallest absolute Gasteiger partial charge is 0.274 e. The number of rotatable bonds is 8. The lowest BCUT2D eigenvalue weighted by Gasteiger charge is -2.14. The number of carbonyl (C=O) groups is 1. The summed E-state index contributed by atoms with van der Waals surface area (Å²) >= 11 is 18.0. The van der Waals surface area contributed by atoms with Gasteiger partial charge in [0.05, 0.1) is 12.7 Å². The number of nitrogens with zero attached hydrogens (tertiary/aromatic N) is 2. The number of hydrogen-bond donors (Lipinski definition) is 2. The van der Waals surface area contributed by atoms with Crippen LogP contribution in [0.5, 0.6) is 11.5 Å². The molecule has 34 heavy (non-hydrogen) atoms. The third-order valence-corrected chi connectivity index (χ3v) is 6.06. The molecule has 1 aliphatic rings. The van der Waals surface area contributed by atoms with Crippen LogP contribution in [0.25, 0.3) is 5.03 Å². The Balaban J connectivity index is 1.56. The summed E-state index contributed by atoms with van der Waals surface area (Å²) in [7, 11) is 0. The van der Waals surface area contributed by atoms with Gasteiger partial charge in [-0.1, -0.05) is 53.0 Å². The van der Waals surface area contributed by atoms with E-state index in [1.165, 1.54) is 24.4 Å². The van der Waals surface area contributed by atoms with Gasteiger partial charge in [0.25, 0.3) is 5.91 Å². The summed E-state index contributed by atoms with van der Waals surface area (Å²) in [5, 5.41) is 3.12. The number of halogens is 4. The van der Waals surface area contributed by atoms with Crippen LogP contribution in [0.15, 0.2) is 54.9 Å². The highest BCUT2D eigenvalue weighted by Crippen LogP contribution is 2.41. The standard InChI is InChI=1S/C24H20Cl3FN4O2/c25-15-6-7-17(18(26)9-15)20(28)11-31-24(33)22-21(12-30-23(32-22)19(27)10-29)34-16-3-1-2-14(8-16)13-4-5-13/h1-3,6-10,12-13,20H,4-5,11,29H2,(H,31,33). The lowest BCUT2D eigenvalue weighted by atomic mass is 10.1. The monoisotopic (exact) mass is 520 g/mol. The zero-order valence-electron chi connectivity index (χ0n) is 17.8. The maximum absolute atomic E-state index is 14.8. The lowest BCUT2D eigenvalue weighted by molar-refractivity contribution is 0.0934. The molecule has 1 unspecified atom stereocenters. The van der Waals surface area contributed by atoms with E-state index in [4.69, 9.17) is 45.3 Å². The summed E-state index contributed by atoms with van der Waals surface area (Å²) in [5.41, 5.74) is 6.71.